The highest BCUT2D eigenvalue weighted by Gasteiger charge is 2.31. The summed E-state index contributed by atoms with van der Waals surface area (Å²) >= 11 is 0. The molecular formula is C15H17NO2. The fraction of sp³-hybridized carbons (Fsp3) is 0.333. The summed E-state index contributed by atoms with van der Waals surface area (Å²) < 4.78 is 0. The Kier molecular flexibility index (Phi) is 3.92. The van der Waals surface area contributed by atoms with Crippen LogP contribution in [0.4, 0.5) is 0 Å². The maximum Gasteiger partial charge on any atom is 0.237 e. The largest absolute Gasteiger partial charge is 0.319 e. The van der Waals surface area contributed by atoms with Crippen LogP contribution in [0.2, 0.25) is 0 Å². The van der Waals surface area contributed by atoms with Gasteiger partial charge in [0, 0.05) is 12.1 Å². The van der Waals surface area contributed by atoms with E-state index in [-0.39, 0.29) is 11.7 Å². The normalized spacial score (nSPS) is 20.3. The Hall–Kier alpha value is -1.90. The van der Waals surface area contributed by atoms with Crippen LogP contribution in [-0.2, 0) is 4.79 Å². The van der Waals surface area contributed by atoms with Gasteiger partial charge in [0.1, 0.15) is 5.92 Å². The number of hydrogen-bond donors (Lipinski definition) is 0. The number of benzene rings is 1. The summed E-state index contributed by atoms with van der Waals surface area (Å²) in [6, 6.07) is 9.03. The van der Waals surface area contributed by atoms with Gasteiger partial charge in [0.15, 0.2) is 5.78 Å². The molecular weight excluding hydrogens is 226 g/mol. The summed E-state index contributed by atoms with van der Waals surface area (Å²) in [6.07, 6.45) is 3.99. The maximum atomic E-state index is 12.3. The highest BCUT2D eigenvalue weighted by Crippen LogP contribution is 2.22. The number of amides is 1. The molecule has 3 nitrogen and oxygen atoms in total. The Bertz CT molecular complexity index is 453. The summed E-state index contributed by atoms with van der Waals surface area (Å²) in [5.41, 5.74) is 0.613. The van der Waals surface area contributed by atoms with E-state index in [2.05, 4.69) is 6.58 Å². The molecule has 1 atom stereocenters. The van der Waals surface area contributed by atoms with E-state index in [9.17, 15) is 9.59 Å². The second-order valence-corrected chi connectivity index (χ2v) is 4.49. The molecule has 1 heterocycles. The fourth-order valence-electron chi connectivity index (χ4n) is 2.29. The highest BCUT2D eigenvalue weighted by atomic mass is 16.2. The molecule has 1 aliphatic rings. The molecule has 0 aromatic heterocycles. The molecule has 1 aromatic rings. The standard InChI is InChI=1S/C15H17NO2/c1-2-16-11-7-6-10-13(15(16)18)14(17)12-8-4-3-5-9-12/h2-5,8-9,13H,1,6-7,10-11H2. The minimum absolute atomic E-state index is 0.0747. The number of likely N-dealkylation sites (tertiary alicyclic amines) is 1. The average molecular weight is 243 g/mol. The summed E-state index contributed by atoms with van der Waals surface area (Å²) in [6.45, 7) is 4.30. The fourth-order valence-corrected chi connectivity index (χ4v) is 2.29. The summed E-state index contributed by atoms with van der Waals surface area (Å²) in [5, 5.41) is 0. The second kappa shape index (κ2) is 5.63. The Morgan fingerprint density at radius 2 is 2.00 bits per heavy atom. The van der Waals surface area contributed by atoms with Crippen molar-refractivity contribution < 1.29 is 9.59 Å². The molecule has 1 fully saturated rings. The molecule has 0 bridgehead atoms. The number of nitrogens with zero attached hydrogens (tertiary/aromatic N) is 1. The van der Waals surface area contributed by atoms with E-state index in [4.69, 9.17) is 0 Å². The lowest BCUT2D eigenvalue weighted by Gasteiger charge is -2.19. The molecule has 0 N–H and O–H groups in total. The van der Waals surface area contributed by atoms with Gasteiger partial charge in [0.25, 0.3) is 0 Å². The zero-order valence-electron chi connectivity index (χ0n) is 10.3. The average Bonchev–Trinajstić information content (AvgIpc) is 2.60. The van der Waals surface area contributed by atoms with Gasteiger partial charge in [-0.3, -0.25) is 9.59 Å². The molecule has 94 valence electrons. The first-order valence-corrected chi connectivity index (χ1v) is 6.26. The van der Waals surface area contributed by atoms with Crippen LogP contribution in [0.1, 0.15) is 29.6 Å². The van der Waals surface area contributed by atoms with E-state index in [1.807, 2.05) is 18.2 Å². The molecule has 1 amide bonds. The third-order valence-electron chi connectivity index (χ3n) is 3.32. The number of Topliss-reactive ketones (excluding diaryl/α,β-unsaturated/α-hetero) is 1. The smallest absolute Gasteiger partial charge is 0.237 e. The van der Waals surface area contributed by atoms with Crippen molar-refractivity contribution in [2.75, 3.05) is 6.54 Å². The summed E-state index contributed by atoms with van der Waals surface area (Å²) in [7, 11) is 0. The number of rotatable bonds is 3. The first-order valence-electron chi connectivity index (χ1n) is 6.26. The van der Waals surface area contributed by atoms with Gasteiger partial charge in [0.2, 0.25) is 5.91 Å². The highest BCUT2D eigenvalue weighted by molar-refractivity contribution is 6.10. The minimum Gasteiger partial charge on any atom is -0.319 e. The predicted octanol–water partition coefficient (Wildman–Crippen LogP) is 2.64. The third-order valence-corrected chi connectivity index (χ3v) is 3.32. The van der Waals surface area contributed by atoms with Crippen molar-refractivity contribution in [1.29, 1.82) is 0 Å². The van der Waals surface area contributed by atoms with Crippen molar-refractivity contribution in [2.24, 2.45) is 5.92 Å². The topological polar surface area (TPSA) is 37.4 Å². The number of carbonyl (C=O) groups is 2. The zero-order valence-corrected chi connectivity index (χ0v) is 10.3. The molecule has 0 spiro atoms. The Morgan fingerprint density at radius 1 is 1.28 bits per heavy atom. The van der Waals surface area contributed by atoms with Crippen molar-refractivity contribution in [1.82, 2.24) is 4.90 Å². The van der Waals surface area contributed by atoms with Gasteiger partial charge in [-0.2, -0.15) is 0 Å². The predicted molar refractivity (Wildman–Crippen MR) is 70.0 cm³/mol. The Labute approximate surface area is 107 Å². The van der Waals surface area contributed by atoms with Gasteiger partial charge < -0.3 is 4.90 Å². The van der Waals surface area contributed by atoms with Gasteiger partial charge in [-0.15, -0.1) is 0 Å². The van der Waals surface area contributed by atoms with Crippen molar-refractivity contribution in [3.05, 3.63) is 48.7 Å². The monoisotopic (exact) mass is 243 g/mol. The van der Waals surface area contributed by atoms with Crippen LogP contribution >= 0.6 is 0 Å². The number of ketones is 1. The van der Waals surface area contributed by atoms with Crippen molar-refractivity contribution in [3.8, 4) is 0 Å². The van der Waals surface area contributed by atoms with E-state index in [0.717, 1.165) is 12.8 Å². The molecule has 2 rings (SSSR count). The molecule has 3 heteroatoms. The number of carbonyl (C=O) groups excluding carboxylic acids is 2. The molecule has 1 saturated heterocycles. The van der Waals surface area contributed by atoms with Gasteiger partial charge >= 0.3 is 0 Å². The number of hydrogen-bond acceptors (Lipinski definition) is 2. The first-order chi connectivity index (χ1) is 8.74. The van der Waals surface area contributed by atoms with E-state index < -0.39 is 5.92 Å². The Balaban J connectivity index is 2.23. The van der Waals surface area contributed by atoms with Crippen LogP contribution < -0.4 is 0 Å². The molecule has 0 aliphatic carbocycles. The van der Waals surface area contributed by atoms with Crippen LogP contribution in [-0.4, -0.2) is 23.1 Å². The lowest BCUT2D eigenvalue weighted by molar-refractivity contribution is -0.130. The first kappa shape index (κ1) is 12.6. The van der Waals surface area contributed by atoms with Crippen LogP contribution in [0.15, 0.2) is 43.1 Å². The summed E-state index contributed by atoms with van der Waals surface area (Å²) in [4.78, 5) is 26.1. The van der Waals surface area contributed by atoms with E-state index >= 15 is 0 Å². The van der Waals surface area contributed by atoms with Crippen LogP contribution in [0.3, 0.4) is 0 Å². The molecule has 1 aliphatic heterocycles. The molecule has 0 radical (unpaired) electrons. The summed E-state index contributed by atoms with van der Waals surface area (Å²) in [5.74, 6) is -0.737. The van der Waals surface area contributed by atoms with Crippen LogP contribution in [0.5, 0.6) is 0 Å². The lowest BCUT2D eigenvalue weighted by atomic mass is 9.93. The lowest BCUT2D eigenvalue weighted by Crippen LogP contribution is -2.34. The molecule has 0 saturated carbocycles. The quantitative estimate of drug-likeness (QED) is 0.604. The van der Waals surface area contributed by atoms with Crippen molar-refractivity contribution in [2.45, 2.75) is 19.3 Å². The molecule has 1 unspecified atom stereocenters. The Morgan fingerprint density at radius 3 is 2.67 bits per heavy atom. The van der Waals surface area contributed by atoms with Gasteiger partial charge in [-0.05, 0) is 19.0 Å². The minimum atomic E-state index is -0.548. The molecule has 18 heavy (non-hydrogen) atoms. The SMILES string of the molecule is C=CN1CCCCC(C(=O)c2ccccc2)C1=O. The molecule has 1 aromatic carbocycles. The zero-order chi connectivity index (χ0) is 13.0. The van der Waals surface area contributed by atoms with Crippen molar-refractivity contribution >= 4 is 11.7 Å². The van der Waals surface area contributed by atoms with Gasteiger partial charge in [0.05, 0.1) is 0 Å². The van der Waals surface area contributed by atoms with E-state index in [1.165, 1.54) is 6.20 Å². The van der Waals surface area contributed by atoms with E-state index in [0.29, 0.717) is 18.5 Å². The van der Waals surface area contributed by atoms with Gasteiger partial charge in [-0.1, -0.05) is 43.3 Å². The van der Waals surface area contributed by atoms with E-state index in [1.54, 1.807) is 17.0 Å². The van der Waals surface area contributed by atoms with Crippen LogP contribution in [0, 0.1) is 5.92 Å². The maximum absolute atomic E-state index is 12.3. The van der Waals surface area contributed by atoms with Crippen LogP contribution in [0.25, 0.3) is 0 Å². The second-order valence-electron chi connectivity index (χ2n) is 4.49. The third kappa shape index (κ3) is 2.50. The van der Waals surface area contributed by atoms with Gasteiger partial charge in [-0.25, -0.2) is 0 Å². The van der Waals surface area contributed by atoms with Crippen molar-refractivity contribution in [3.63, 3.8) is 0 Å².